The molecule has 0 aliphatic rings. The summed E-state index contributed by atoms with van der Waals surface area (Å²) in [6.07, 6.45) is -0.954. The van der Waals surface area contributed by atoms with Gasteiger partial charge in [-0.1, -0.05) is 23.8 Å². The molecular formula is C12H18ClNO2. The van der Waals surface area contributed by atoms with E-state index in [0.29, 0.717) is 6.61 Å². The molecule has 2 N–H and O–H groups in total. The first-order valence-electron chi connectivity index (χ1n) is 5.02. The van der Waals surface area contributed by atoms with Crippen molar-refractivity contribution in [3.05, 3.63) is 34.9 Å². The van der Waals surface area contributed by atoms with Crippen LogP contribution in [0, 0.1) is 19.3 Å². The second-order valence-electron chi connectivity index (χ2n) is 3.56. The third kappa shape index (κ3) is 3.51. The van der Waals surface area contributed by atoms with Crippen molar-refractivity contribution in [3.63, 3.8) is 0 Å². The van der Waals surface area contributed by atoms with Crippen LogP contribution >= 0.6 is 12.4 Å². The zero-order valence-corrected chi connectivity index (χ0v) is 10.6. The van der Waals surface area contributed by atoms with E-state index in [9.17, 15) is 5.11 Å². The number of benzene rings is 1. The van der Waals surface area contributed by atoms with Gasteiger partial charge in [0, 0.05) is 0 Å². The number of halogens is 1. The third-order valence-electron chi connectivity index (χ3n) is 2.28. The van der Waals surface area contributed by atoms with E-state index in [4.69, 9.17) is 10.1 Å². The molecule has 1 unspecified atom stereocenters. The van der Waals surface area contributed by atoms with Gasteiger partial charge in [-0.2, -0.15) is 0 Å². The van der Waals surface area contributed by atoms with Crippen LogP contribution in [-0.4, -0.2) is 17.6 Å². The van der Waals surface area contributed by atoms with Gasteiger partial charge in [-0.15, -0.1) is 12.4 Å². The maximum Gasteiger partial charge on any atom is 0.214 e. The van der Waals surface area contributed by atoms with Crippen molar-refractivity contribution < 1.29 is 9.84 Å². The maximum atomic E-state index is 9.88. The van der Waals surface area contributed by atoms with Crippen molar-refractivity contribution in [2.75, 3.05) is 6.61 Å². The molecule has 1 atom stereocenters. The molecular weight excluding hydrogens is 226 g/mol. The fourth-order valence-electron chi connectivity index (χ4n) is 1.43. The molecule has 1 rings (SSSR count). The second kappa shape index (κ2) is 6.51. The summed E-state index contributed by atoms with van der Waals surface area (Å²) in [7, 11) is 0. The summed E-state index contributed by atoms with van der Waals surface area (Å²) >= 11 is 0. The lowest BCUT2D eigenvalue weighted by Crippen LogP contribution is -2.15. The summed E-state index contributed by atoms with van der Waals surface area (Å²) < 4.78 is 4.99. The van der Waals surface area contributed by atoms with Gasteiger partial charge in [-0.3, -0.25) is 5.41 Å². The molecule has 0 fully saturated rings. The van der Waals surface area contributed by atoms with Crippen molar-refractivity contribution in [2.24, 2.45) is 0 Å². The smallest absolute Gasteiger partial charge is 0.214 e. The van der Waals surface area contributed by atoms with Crippen LogP contribution in [0.15, 0.2) is 18.2 Å². The van der Waals surface area contributed by atoms with Crippen molar-refractivity contribution in [3.8, 4) is 0 Å². The van der Waals surface area contributed by atoms with E-state index in [2.05, 4.69) is 0 Å². The number of ether oxygens (including phenoxy) is 1. The summed E-state index contributed by atoms with van der Waals surface area (Å²) in [5.41, 5.74) is 2.78. The van der Waals surface area contributed by atoms with Crippen LogP contribution in [0.5, 0.6) is 0 Å². The Morgan fingerprint density at radius 2 is 2.06 bits per heavy atom. The van der Waals surface area contributed by atoms with Gasteiger partial charge in [0.05, 0.1) is 6.61 Å². The first kappa shape index (κ1) is 14.9. The van der Waals surface area contributed by atoms with Gasteiger partial charge in [0.15, 0.2) is 6.10 Å². The number of rotatable bonds is 3. The van der Waals surface area contributed by atoms with E-state index in [1.165, 1.54) is 0 Å². The number of aryl methyl sites for hydroxylation is 2. The van der Waals surface area contributed by atoms with Crippen LogP contribution in [0.3, 0.4) is 0 Å². The Labute approximate surface area is 102 Å². The van der Waals surface area contributed by atoms with Crippen molar-refractivity contribution >= 4 is 18.3 Å². The lowest BCUT2D eigenvalue weighted by atomic mass is 10.0. The molecule has 0 radical (unpaired) electrons. The second-order valence-corrected chi connectivity index (χ2v) is 3.56. The van der Waals surface area contributed by atoms with E-state index in [1.54, 1.807) is 6.92 Å². The highest BCUT2D eigenvalue weighted by Crippen LogP contribution is 2.20. The number of hydrogen-bond donors (Lipinski definition) is 2. The molecule has 0 spiro atoms. The zero-order valence-electron chi connectivity index (χ0n) is 9.78. The molecule has 0 saturated carbocycles. The minimum Gasteiger partial charge on any atom is -0.479 e. The van der Waals surface area contributed by atoms with Gasteiger partial charge < -0.3 is 9.84 Å². The van der Waals surface area contributed by atoms with Crippen LogP contribution in [0.2, 0.25) is 0 Å². The highest BCUT2D eigenvalue weighted by molar-refractivity contribution is 5.85. The summed E-state index contributed by atoms with van der Waals surface area (Å²) in [5.74, 6) is -0.0915. The van der Waals surface area contributed by atoms with Crippen LogP contribution in [0.4, 0.5) is 0 Å². The molecule has 0 bridgehead atoms. The van der Waals surface area contributed by atoms with Gasteiger partial charge >= 0.3 is 0 Å². The number of nitrogens with one attached hydrogen (secondary N) is 1. The predicted octanol–water partition coefficient (Wildman–Crippen LogP) is 2.77. The minimum absolute atomic E-state index is 0. The number of aliphatic hydroxyl groups excluding tert-OH is 1. The molecule has 0 heterocycles. The van der Waals surface area contributed by atoms with Crippen LogP contribution in [0.1, 0.15) is 29.7 Å². The molecule has 90 valence electrons. The van der Waals surface area contributed by atoms with E-state index < -0.39 is 6.10 Å². The molecule has 3 nitrogen and oxygen atoms in total. The predicted molar refractivity (Wildman–Crippen MR) is 67.5 cm³/mol. The first-order chi connectivity index (χ1) is 7.06. The molecule has 0 amide bonds. The normalized spacial score (nSPS) is 11.5. The largest absolute Gasteiger partial charge is 0.479 e. The van der Waals surface area contributed by atoms with Crippen LogP contribution < -0.4 is 0 Å². The van der Waals surface area contributed by atoms with Crippen molar-refractivity contribution in [1.82, 2.24) is 0 Å². The Kier molecular flexibility index (Phi) is 6.08. The maximum absolute atomic E-state index is 9.88. The lowest BCUT2D eigenvalue weighted by molar-refractivity contribution is 0.190. The summed E-state index contributed by atoms with van der Waals surface area (Å²) in [6, 6.07) is 5.80. The Morgan fingerprint density at radius 1 is 1.44 bits per heavy atom. The Hall–Kier alpha value is -1.06. The van der Waals surface area contributed by atoms with Gasteiger partial charge in [-0.25, -0.2) is 0 Å². The fraction of sp³-hybridized carbons (Fsp3) is 0.417. The highest BCUT2D eigenvalue weighted by atomic mass is 35.5. The quantitative estimate of drug-likeness (QED) is 0.634. The lowest BCUT2D eigenvalue weighted by Gasteiger charge is -2.15. The topological polar surface area (TPSA) is 53.3 Å². The van der Waals surface area contributed by atoms with Crippen LogP contribution in [0.25, 0.3) is 0 Å². The third-order valence-corrected chi connectivity index (χ3v) is 2.28. The summed E-state index contributed by atoms with van der Waals surface area (Å²) in [4.78, 5) is 0. The molecule has 1 aromatic rings. The molecule has 0 saturated heterocycles. The van der Waals surface area contributed by atoms with Gasteiger partial charge in [0.2, 0.25) is 5.90 Å². The molecule has 4 heteroatoms. The van der Waals surface area contributed by atoms with E-state index in [0.717, 1.165) is 16.7 Å². The number of hydrogen-bond acceptors (Lipinski definition) is 3. The minimum atomic E-state index is -0.954. The van der Waals surface area contributed by atoms with Gasteiger partial charge in [-0.05, 0) is 31.9 Å². The van der Waals surface area contributed by atoms with Crippen molar-refractivity contribution in [1.29, 1.82) is 5.41 Å². The highest BCUT2D eigenvalue weighted by Gasteiger charge is 2.16. The summed E-state index contributed by atoms with van der Waals surface area (Å²) in [6.45, 7) is 6.07. The van der Waals surface area contributed by atoms with Gasteiger partial charge in [0.25, 0.3) is 0 Å². The van der Waals surface area contributed by atoms with E-state index in [-0.39, 0.29) is 18.3 Å². The van der Waals surface area contributed by atoms with Crippen LogP contribution in [-0.2, 0) is 4.74 Å². The average Bonchev–Trinajstić information content (AvgIpc) is 2.21. The molecule has 16 heavy (non-hydrogen) atoms. The Balaban J connectivity index is 0.00000225. The molecule has 0 aromatic heterocycles. The fourth-order valence-corrected chi connectivity index (χ4v) is 1.43. The average molecular weight is 244 g/mol. The molecule has 0 aliphatic heterocycles. The van der Waals surface area contributed by atoms with Gasteiger partial charge in [0.1, 0.15) is 0 Å². The first-order valence-corrected chi connectivity index (χ1v) is 5.02. The SMILES string of the molecule is CCOC(=N)C(O)c1cc(C)ccc1C.Cl. The molecule has 1 aromatic carbocycles. The van der Waals surface area contributed by atoms with E-state index >= 15 is 0 Å². The van der Waals surface area contributed by atoms with Crippen molar-refractivity contribution in [2.45, 2.75) is 26.9 Å². The standard InChI is InChI=1S/C12H17NO2.ClH/c1-4-15-12(13)11(14)10-7-8(2)5-6-9(10)3;/h5-7,11,13-14H,4H2,1-3H3;1H. The monoisotopic (exact) mass is 243 g/mol. The summed E-state index contributed by atoms with van der Waals surface area (Å²) in [5, 5.41) is 17.4. The Bertz CT molecular complexity index is 366. The zero-order chi connectivity index (χ0) is 11.4. The number of aliphatic hydroxyl groups is 1. The Morgan fingerprint density at radius 3 is 2.62 bits per heavy atom. The molecule has 0 aliphatic carbocycles. The van der Waals surface area contributed by atoms with E-state index in [1.807, 2.05) is 32.0 Å².